The molecule has 0 amide bonds. The predicted molar refractivity (Wildman–Crippen MR) is 72.9 cm³/mol. The Bertz CT molecular complexity index is 455. The average Bonchev–Trinajstić information content (AvgIpc) is 2.77. The summed E-state index contributed by atoms with van der Waals surface area (Å²) in [4.78, 5) is 17.8. The molecule has 0 aliphatic carbocycles. The number of carboxylic acids is 1. The number of carbonyl (C=O) groups is 1. The van der Waals surface area contributed by atoms with E-state index in [1.165, 1.54) is 0 Å². The number of aliphatic carboxylic acids is 1. The lowest BCUT2D eigenvalue weighted by molar-refractivity contribution is -0.151. The van der Waals surface area contributed by atoms with Crippen LogP contribution in [0.25, 0.3) is 0 Å². The highest BCUT2D eigenvalue weighted by Crippen LogP contribution is 2.30. The number of hydrogen-bond acceptors (Lipinski definition) is 3. The van der Waals surface area contributed by atoms with Gasteiger partial charge in [0.15, 0.2) is 0 Å². The van der Waals surface area contributed by atoms with E-state index < -0.39 is 11.4 Å². The van der Waals surface area contributed by atoms with E-state index in [0.717, 1.165) is 31.6 Å². The zero-order valence-electron chi connectivity index (χ0n) is 12.0. The lowest BCUT2D eigenvalue weighted by Crippen LogP contribution is -2.45. The van der Waals surface area contributed by atoms with E-state index in [2.05, 4.69) is 28.3 Å². The summed E-state index contributed by atoms with van der Waals surface area (Å²) in [5.41, 5.74) is 0.547. The molecule has 0 saturated carbocycles. The first-order chi connectivity index (χ1) is 8.92. The molecule has 2 heterocycles. The minimum absolute atomic E-state index is 0.383. The van der Waals surface area contributed by atoms with Crippen molar-refractivity contribution in [2.24, 2.45) is 5.41 Å². The van der Waals surface area contributed by atoms with Crippen molar-refractivity contribution in [2.75, 3.05) is 13.1 Å². The van der Waals surface area contributed by atoms with Gasteiger partial charge in [-0.2, -0.15) is 0 Å². The van der Waals surface area contributed by atoms with E-state index in [1.807, 2.05) is 19.4 Å². The van der Waals surface area contributed by atoms with Crippen LogP contribution in [0.15, 0.2) is 12.5 Å². The van der Waals surface area contributed by atoms with Crippen molar-refractivity contribution in [1.29, 1.82) is 0 Å². The van der Waals surface area contributed by atoms with Gasteiger partial charge in [-0.25, -0.2) is 4.98 Å². The van der Waals surface area contributed by atoms with Crippen LogP contribution in [0.2, 0.25) is 0 Å². The number of likely N-dealkylation sites (tertiary alicyclic amines) is 1. The van der Waals surface area contributed by atoms with Crippen molar-refractivity contribution in [2.45, 2.75) is 46.2 Å². The van der Waals surface area contributed by atoms with Gasteiger partial charge in [0, 0.05) is 25.3 Å². The van der Waals surface area contributed by atoms with Crippen molar-refractivity contribution < 1.29 is 9.90 Å². The van der Waals surface area contributed by atoms with Crippen molar-refractivity contribution in [3.8, 4) is 0 Å². The molecule has 1 atom stereocenters. The second-order valence-corrected chi connectivity index (χ2v) is 6.07. The molecule has 5 heteroatoms. The molecule has 1 saturated heterocycles. The first-order valence-corrected chi connectivity index (χ1v) is 6.89. The van der Waals surface area contributed by atoms with Gasteiger partial charge in [0.25, 0.3) is 0 Å². The third-order valence-corrected chi connectivity index (χ3v) is 3.98. The minimum atomic E-state index is -0.686. The van der Waals surface area contributed by atoms with Crippen LogP contribution < -0.4 is 0 Å². The van der Waals surface area contributed by atoms with Gasteiger partial charge in [-0.1, -0.05) is 0 Å². The number of piperidine rings is 1. The molecule has 19 heavy (non-hydrogen) atoms. The van der Waals surface area contributed by atoms with Crippen LogP contribution in [-0.4, -0.2) is 38.6 Å². The summed E-state index contributed by atoms with van der Waals surface area (Å²) in [6.07, 6.45) is 5.44. The number of imidazole rings is 1. The third kappa shape index (κ3) is 2.97. The molecular weight excluding hydrogens is 242 g/mol. The fourth-order valence-corrected chi connectivity index (χ4v) is 2.80. The average molecular weight is 265 g/mol. The zero-order valence-corrected chi connectivity index (χ0v) is 12.0. The second kappa shape index (κ2) is 5.33. The quantitative estimate of drug-likeness (QED) is 0.906. The Kier molecular flexibility index (Phi) is 3.94. The largest absolute Gasteiger partial charge is 0.481 e. The molecule has 1 N–H and O–H groups in total. The van der Waals surface area contributed by atoms with Gasteiger partial charge >= 0.3 is 5.97 Å². The Balaban J connectivity index is 2.07. The molecular formula is C14H23N3O2. The minimum Gasteiger partial charge on any atom is -0.481 e. The first kappa shape index (κ1) is 14.1. The maximum atomic E-state index is 11.4. The number of aromatic nitrogens is 2. The Hall–Kier alpha value is -1.36. The van der Waals surface area contributed by atoms with Crippen LogP contribution in [0.5, 0.6) is 0 Å². The van der Waals surface area contributed by atoms with Gasteiger partial charge < -0.3 is 9.67 Å². The third-order valence-electron chi connectivity index (χ3n) is 3.98. The smallest absolute Gasteiger partial charge is 0.310 e. The van der Waals surface area contributed by atoms with Gasteiger partial charge in [0.2, 0.25) is 0 Å². The second-order valence-electron chi connectivity index (χ2n) is 6.07. The number of carboxylic acid groups (broad SMARTS) is 1. The van der Waals surface area contributed by atoms with Crippen LogP contribution in [0, 0.1) is 5.41 Å². The van der Waals surface area contributed by atoms with E-state index in [9.17, 15) is 9.90 Å². The van der Waals surface area contributed by atoms with Crippen molar-refractivity contribution >= 4 is 5.97 Å². The molecule has 1 aliphatic heterocycles. The van der Waals surface area contributed by atoms with E-state index >= 15 is 0 Å². The lowest BCUT2D eigenvalue weighted by Gasteiger charge is -2.37. The molecule has 0 spiro atoms. The first-order valence-electron chi connectivity index (χ1n) is 6.89. The Morgan fingerprint density at radius 2 is 2.32 bits per heavy atom. The summed E-state index contributed by atoms with van der Waals surface area (Å²) in [6.45, 7) is 8.46. The van der Waals surface area contributed by atoms with Gasteiger partial charge in [-0.15, -0.1) is 0 Å². The Morgan fingerprint density at radius 3 is 2.95 bits per heavy atom. The van der Waals surface area contributed by atoms with E-state index in [-0.39, 0.29) is 0 Å². The summed E-state index contributed by atoms with van der Waals surface area (Å²) in [6, 6.07) is 0.383. The van der Waals surface area contributed by atoms with Crippen LogP contribution in [-0.2, 0) is 11.3 Å². The molecule has 0 bridgehead atoms. The topological polar surface area (TPSA) is 58.4 Å². The summed E-state index contributed by atoms with van der Waals surface area (Å²) < 4.78 is 2.15. The Morgan fingerprint density at radius 1 is 1.58 bits per heavy atom. The molecule has 1 aromatic heterocycles. The van der Waals surface area contributed by atoms with Gasteiger partial charge in [0.1, 0.15) is 0 Å². The van der Waals surface area contributed by atoms with E-state index in [4.69, 9.17) is 0 Å². The number of rotatable bonds is 4. The fourth-order valence-electron chi connectivity index (χ4n) is 2.80. The molecule has 1 aromatic rings. The standard InChI is InChI=1S/C14H23N3O2/c1-11(2)17-10-15-7-12(17)8-16-6-4-5-14(3,9-16)13(18)19/h7,10-11H,4-6,8-9H2,1-3H3,(H,18,19). The molecule has 1 aliphatic rings. The highest BCUT2D eigenvalue weighted by Gasteiger charge is 2.37. The summed E-state index contributed by atoms with van der Waals surface area (Å²) >= 11 is 0. The van der Waals surface area contributed by atoms with Crippen LogP contribution in [0.1, 0.15) is 45.3 Å². The summed E-state index contributed by atoms with van der Waals surface area (Å²) in [7, 11) is 0. The van der Waals surface area contributed by atoms with Crippen molar-refractivity contribution in [1.82, 2.24) is 14.5 Å². The highest BCUT2D eigenvalue weighted by atomic mass is 16.4. The van der Waals surface area contributed by atoms with Gasteiger partial charge in [-0.3, -0.25) is 9.69 Å². The van der Waals surface area contributed by atoms with Crippen LogP contribution in [0.4, 0.5) is 0 Å². The predicted octanol–water partition coefficient (Wildman–Crippen LogP) is 2.15. The molecule has 1 unspecified atom stereocenters. The van der Waals surface area contributed by atoms with Crippen LogP contribution in [0.3, 0.4) is 0 Å². The van der Waals surface area contributed by atoms with Crippen molar-refractivity contribution in [3.63, 3.8) is 0 Å². The lowest BCUT2D eigenvalue weighted by atomic mass is 9.82. The number of hydrogen-bond donors (Lipinski definition) is 1. The molecule has 0 aromatic carbocycles. The maximum Gasteiger partial charge on any atom is 0.310 e. The Labute approximate surface area is 114 Å². The van der Waals surface area contributed by atoms with Gasteiger partial charge in [0.05, 0.1) is 17.4 Å². The summed E-state index contributed by atoms with van der Waals surface area (Å²) in [5, 5.41) is 9.34. The van der Waals surface area contributed by atoms with E-state index in [1.54, 1.807) is 0 Å². The fraction of sp³-hybridized carbons (Fsp3) is 0.714. The van der Waals surface area contributed by atoms with Crippen molar-refractivity contribution in [3.05, 3.63) is 18.2 Å². The number of nitrogens with zero attached hydrogens (tertiary/aromatic N) is 3. The molecule has 1 fully saturated rings. The van der Waals surface area contributed by atoms with Crippen LogP contribution >= 0.6 is 0 Å². The molecule has 2 rings (SSSR count). The molecule has 5 nitrogen and oxygen atoms in total. The maximum absolute atomic E-state index is 11.4. The normalized spacial score (nSPS) is 24.8. The zero-order chi connectivity index (χ0) is 14.0. The monoisotopic (exact) mass is 265 g/mol. The summed E-state index contributed by atoms with van der Waals surface area (Å²) in [5.74, 6) is -0.686. The SMILES string of the molecule is CC(C)n1cncc1CN1CCCC(C)(C(=O)O)C1. The van der Waals surface area contributed by atoms with E-state index in [0.29, 0.717) is 12.6 Å². The highest BCUT2D eigenvalue weighted by molar-refractivity contribution is 5.74. The van der Waals surface area contributed by atoms with Gasteiger partial charge in [-0.05, 0) is 40.2 Å². The molecule has 106 valence electrons. The molecule has 0 radical (unpaired) electrons.